The molecule has 0 atom stereocenters. The van der Waals surface area contributed by atoms with E-state index in [4.69, 9.17) is 0 Å². The van der Waals surface area contributed by atoms with Crippen LogP contribution in [0.3, 0.4) is 0 Å². The van der Waals surface area contributed by atoms with Gasteiger partial charge in [0.05, 0.1) is 5.69 Å². The monoisotopic (exact) mass is 445 g/mol. The summed E-state index contributed by atoms with van der Waals surface area (Å²) >= 11 is 0.841. The molecule has 0 saturated carbocycles. The van der Waals surface area contributed by atoms with Gasteiger partial charge in [0.25, 0.3) is 0 Å². The maximum Gasteiger partial charge on any atom is 0.434 e. The van der Waals surface area contributed by atoms with Crippen molar-refractivity contribution in [2.45, 2.75) is 6.18 Å². The predicted molar refractivity (Wildman–Crippen MR) is 109 cm³/mol. The largest absolute Gasteiger partial charge is 0.434 e. The summed E-state index contributed by atoms with van der Waals surface area (Å²) < 4.78 is 40.8. The molecule has 0 aromatic carbocycles. The SMILES string of the molecule is CNC(=O)Nc1cc(-c2nc(C(F)(F)F)cs2)c(-c2cccc(-n3cccn3)n2)cn1. The summed E-state index contributed by atoms with van der Waals surface area (Å²) in [6.07, 6.45) is 0.195. The van der Waals surface area contributed by atoms with Crippen molar-refractivity contribution >= 4 is 23.2 Å². The summed E-state index contributed by atoms with van der Waals surface area (Å²) in [5, 5.41) is 10.1. The molecule has 8 nitrogen and oxygen atoms in total. The minimum atomic E-state index is -4.57. The number of nitrogens with one attached hydrogen (secondary N) is 2. The Balaban J connectivity index is 1.83. The molecule has 4 rings (SSSR count). The first kappa shape index (κ1) is 20.5. The summed E-state index contributed by atoms with van der Waals surface area (Å²) in [5.74, 6) is 0.682. The number of halogens is 3. The minimum absolute atomic E-state index is 0.121. The molecule has 4 aromatic heterocycles. The molecular formula is C19H14F3N7OS. The van der Waals surface area contributed by atoms with Gasteiger partial charge >= 0.3 is 12.2 Å². The van der Waals surface area contributed by atoms with Crippen molar-refractivity contribution in [2.75, 3.05) is 12.4 Å². The number of hydrogen-bond donors (Lipinski definition) is 2. The van der Waals surface area contributed by atoms with Gasteiger partial charge in [-0.15, -0.1) is 11.3 Å². The molecule has 0 fully saturated rings. The first-order valence-electron chi connectivity index (χ1n) is 8.84. The number of amides is 2. The van der Waals surface area contributed by atoms with Crippen molar-refractivity contribution in [3.63, 3.8) is 0 Å². The molecule has 12 heteroatoms. The number of carbonyl (C=O) groups excluding carboxylic acids is 1. The number of pyridine rings is 2. The predicted octanol–water partition coefficient (Wildman–Crippen LogP) is 4.22. The highest BCUT2D eigenvalue weighted by molar-refractivity contribution is 7.13. The van der Waals surface area contributed by atoms with E-state index in [9.17, 15) is 18.0 Å². The first-order valence-corrected chi connectivity index (χ1v) is 9.72. The summed E-state index contributed by atoms with van der Waals surface area (Å²) in [5.41, 5.74) is 0.284. The van der Waals surface area contributed by atoms with Crippen LogP contribution in [0.5, 0.6) is 0 Å². The van der Waals surface area contributed by atoms with Gasteiger partial charge in [0.15, 0.2) is 11.5 Å². The molecule has 0 spiro atoms. The van der Waals surface area contributed by atoms with Gasteiger partial charge in [-0.1, -0.05) is 6.07 Å². The van der Waals surface area contributed by atoms with Crippen LogP contribution in [0.25, 0.3) is 27.6 Å². The zero-order chi connectivity index (χ0) is 22.0. The van der Waals surface area contributed by atoms with Crippen LogP contribution >= 0.6 is 11.3 Å². The smallest absolute Gasteiger partial charge is 0.341 e. The molecule has 0 aliphatic carbocycles. The van der Waals surface area contributed by atoms with E-state index in [2.05, 4.69) is 30.7 Å². The van der Waals surface area contributed by atoms with Crippen molar-refractivity contribution in [1.29, 1.82) is 0 Å². The Morgan fingerprint density at radius 1 is 1.16 bits per heavy atom. The van der Waals surface area contributed by atoms with Gasteiger partial charge < -0.3 is 5.32 Å². The molecule has 0 bridgehead atoms. The maximum absolute atomic E-state index is 13.1. The van der Waals surface area contributed by atoms with E-state index >= 15 is 0 Å². The van der Waals surface area contributed by atoms with Crippen LogP contribution in [-0.4, -0.2) is 37.8 Å². The molecular weight excluding hydrogens is 431 g/mol. The average molecular weight is 445 g/mol. The topological polar surface area (TPSA) is 97.6 Å². The Morgan fingerprint density at radius 2 is 2.00 bits per heavy atom. The average Bonchev–Trinajstić information content (AvgIpc) is 3.46. The van der Waals surface area contributed by atoms with Crippen molar-refractivity contribution in [3.8, 4) is 27.6 Å². The number of alkyl halides is 3. The summed E-state index contributed by atoms with van der Waals surface area (Å²) in [4.78, 5) is 24.1. The third-order valence-electron chi connectivity index (χ3n) is 4.15. The molecule has 31 heavy (non-hydrogen) atoms. The Kier molecular flexibility index (Phi) is 5.38. The van der Waals surface area contributed by atoms with Gasteiger partial charge in [0.2, 0.25) is 0 Å². The van der Waals surface area contributed by atoms with E-state index in [0.29, 0.717) is 22.6 Å². The second-order valence-electron chi connectivity index (χ2n) is 6.19. The highest BCUT2D eigenvalue weighted by Crippen LogP contribution is 2.38. The van der Waals surface area contributed by atoms with Crippen LogP contribution in [0, 0.1) is 0 Å². The van der Waals surface area contributed by atoms with Gasteiger partial charge in [0, 0.05) is 42.1 Å². The number of rotatable bonds is 4. The van der Waals surface area contributed by atoms with Gasteiger partial charge in [0.1, 0.15) is 10.8 Å². The molecule has 0 aliphatic rings. The van der Waals surface area contributed by atoms with Crippen LogP contribution in [0.1, 0.15) is 5.69 Å². The molecule has 2 N–H and O–H groups in total. The number of thiazole rings is 1. The summed E-state index contributed by atoms with van der Waals surface area (Å²) in [7, 11) is 1.44. The molecule has 4 heterocycles. The summed E-state index contributed by atoms with van der Waals surface area (Å²) in [6, 6.07) is 7.90. The number of urea groups is 1. The van der Waals surface area contributed by atoms with E-state index in [1.807, 2.05) is 0 Å². The molecule has 2 amide bonds. The normalized spacial score (nSPS) is 11.4. The zero-order valence-electron chi connectivity index (χ0n) is 15.9. The maximum atomic E-state index is 13.1. The van der Waals surface area contributed by atoms with E-state index < -0.39 is 17.9 Å². The lowest BCUT2D eigenvalue weighted by atomic mass is 10.1. The number of anilines is 1. The van der Waals surface area contributed by atoms with Crippen LogP contribution in [0.4, 0.5) is 23.8 Å². The number of nitrogens with zero attached hydrogens (tertiary/aromatic N) is 5. The number of carbonyl (C=O) groups is 1. The lowest BCUT2D eigenvalue weighted by molar-refractivity contribution is -0.140. The molecule has 0 aliphatic heterocycles. The van der Waals surface area contributed by atoms with Crippen LogP contribution in [0.15, 0.2) is 54.3 Å². The molecule has 0 saturated heterocycles. The molecule has 158 valence electrons. The first-order chi connectivity index (χ1) is 14.8. The third-order valence-corrected chi connectivity index (χ3v) is 5.02. The standard InChI is InChI=1S/C19H14F3N7OS/c1-23-18(30)28-15-8-11(17-27-14(10-31-17)19(20,21)22)12(9-24-15)13-4-2-5-16(26-13)29-7-3-6-25-29/h2-10H,1H3,(H2,23,24,28,30). The Hall–Kier alpha value is -3.80. The lowest BCUT2D eigenvalue weighted by Crippen LogP contribution is -2.24. The van der Waals surface area contributed by atoms with Gasteiger partial charge in [-0.25, -0.2) is 24.4 Å². The van der Waals surface area contributed by atoms with Crippen molar-refractivity contribution < 1.29 is 18.0 Å². The van der Waals surface area contributed by atoms with Crippen molar-refractivity contribution in [1.82, 2.24) is 30.0 Å². The molecule has 0 radical (unpaired) electrons. The fourth-order valence-electron chi connectivity index (χ4n) is 2.72. The van der Waals surface area contributed by atoms with Crippen LogP contribution < -0.4 is 10.6 Å². The van der Waals surface area contributed by atoms with Crippen molar-refractivity contribution in [3.05, 3.63) is 60.0 Å². The highest BCUT2D eigenvalue weighted by atomic mass is 32.1. The Labute approximate surface area is 177 Å². The number of hydrogen-bond acceptors (Lipinski definition) is 6. The van der Waals surface area contributed by atoms with Crippen LogP contribution in [-0.2, 0) is 6.18 Å². The lowest BCUT2D eigenvalue weighted by Gasteiger charge is -2.11. The second-order valence-corrected chi connectivity index (χ2v) is 7.04. The fourth-order valence-corrected chi connectivity index (χ4v) is 3.57. The second kappa shape index (κ2) is 8.14. The van der Waals surface area contributed by atoms with Gasteiger partial charge in [-0.3, -0.25) is 5.32 Å². The van der Waals surface area contributed by atoms with E-state index in [0.717, 1.165) is 16.7 Å². The molecule has 4 aromatic rings. The highest BCUT2D eigenvalue weighted by Gasteiger charge is 2.34. The number of aromatic nitrogens is 5. The quantitative estimate of drug-likeness (QED) is 0.490. The van der Waals surface area contributed by atoms with E-state index in [-0.39, 0.29) is 10.8 Å². The third kappa shape index (κ3) is 4.38. The van der Waals surface area contributed by atoms with E-state index in [1.54, 1.807) is 41.3 Å². The Bertz CT molecular complexity index is 1220. The van der Waals surface area contributed by atoms with Gasteiger partial charge in [-0.2, -0.15) is 18.3 Å². The minimum Gasteiger partial charge on any atom is -0.341 e. The Morgan fingerprint density at radius 3 is 2.68 bits per heavy atom. The van der Waals surface area contributed by atoms with Crippen LogP contribution in [0.2, 0.25) is 0 Å². The van der Waals surface area contributed by atoms with E-state index in [1.165, 1.54) is 19.3 Å². The fraction of sp³-hybridized carbons (Fsp3) is 0.105. The van der Waals surface area contributed by atoms with Crippen molar-refractivity contribution in [2.24, 2.45) is 0 Å². The summed E-state index contributed by atoms with van der Waals surface area (Å²) in [6.45, 7) is 0. The molecule has 0 unspecified atom stereocenters. The van der Waals surface area contributed by atoms with Gasteiger partial charge in [-0.05, 0) is 24.3 Å². The zero-order valence-corrected chi connectivity index (χ0v) is 16.7.